The van der Waals surface area contributed by atoms with Gasteiger partial charge in [0.1, 0.15) is 5.78 Å². The molecular weight excluding hydrogens is 126 g/mol. The second kappa shape index (κ2) is 2.35. The molecule has 1 aliphatic rings. The molecule has 10 heavy (non-hydrogen) atoms. The maximum absolute atomic E-state index is 10.9. The summed E-state index contributed by atoms with van der Waals surface area (Å²) in [6, 6.07) is 0. The van der Waals surface area contributed by atoms with Crippen molar-refractivity contribution >= 4 is 5.78 Å². The van der Waals surface area contributed by atoms with E-state index in [0.29, 0.717) is 12.3 Å². The van der Waals surface area contributed by atoms with Crippen molar-refractivity contribution in [3.05, 3.63) is 0 Å². The number of ketones is 1. The normalized spacial score (nSPS) is 26.9. The summed E-state index contributed by atoms with van der Waals surface area (Å²) in [6.45, 7) is 4.99. The number of piperidine rings is 1. The van der Waals surface area contributed by atoms with Gasteiger partial charge in [0.25, 0.3) is 0 Å². The maximum atomic E-state index is 10.9. The lowest BCUT2D eigenvalue weighted by Gasteiger charge is -2.38. The maximum Gasteiger partial charge on any atom is 0.146 e. The predicted molar refractivity (Wildman–Crippen MR) is 41.0 cm³/mol. The molecule has 0 unspecified atom stereocenters. The summed E-state index contributed by atoms with van der Waals surface area (Å²) in [5, 5.41) is 0. The fraction of sp³-hybridized carbons (Fsp3) is 0.875. The summed E-state index contributed by atoms with van der Waals surface area (Å²) < 4.78 is 0. The molecule has 0 saturated carbocycles. The van der Waals surface area contributed by atoms with E-state index in [2.05, 4.69) is 18.7 Å². The first kappa shape index (κ1) is 7.73. The molecule has 58 valence electrons. The van der Waals surface area contributed by atoms with Crippen LogP contribution in [0.15, 0.2) is 0 Å². The molecule has 0 aromatic carbocycles. The van der Waals surface area contributed by atoms with Crippen molar-refractivity contribution in [1.29, 1.82) is 0 Å². The van der Waals surface area contributed by atoms with Crippen molar-refractivity contribution in [2.24, 2.45) is 0 Å². The zero-order valence-electron chi connectivity index (χ0n) is 6.98. The Bertz CT molecular complexity index is 151. The van der Waals surface area contributed by atoms with Gasteiger partial charge in [-0.1, -0.05) is 0 Å². The van der Waals surface area contributed by atoms with Crippen molar-refractivity contribution in [3.63, 3.8) is 0 Å². The molecule has 1 aliphatic heterocycles. The topological polar surface area (TPSA) is 20.3 Å². The van der Waals surface area contributed by atoms with E-state index in [1.54, 1.807) is 0 Å². The molecule has 1 heterocycles. The van der Waals surface area contributed by atoms with Crippen molar-refractivity contribution in [3.8, 4) is 0 Å². The molecule has 0 atom stereocenters. The van der Waals surface area contributed by atoms with Crippen molar-refractivity contribution in [2.45, 2.75) is 32.2 Å². The van der Waals surface area contributed by atoms with Gasteiger partial charge in [-0.15, -0.1) is 0 Å². The Morgan fingerprint density at radius 1 is 1.50 bits per heavy atom. The van der Waals surface area contributed by atoms with Crippen molar-refractivity contribution < 1.29 is 4.79 Å². The number of nitrogens with zero attached hydrogens (tertiary/aromatic N) is 1. The molecule has 0 aliphatic carbocycles. The van der Waals surface area contributed by atoms with Gasteiger partial charge in [0.05, 0.1) is 6.54 Å². The third-order valence-corrected chi connectivity index (χ3v) is 2.46. The minimum absolute atomic E-state index is 0.230. The molecule has 1 fully saturated rings. The summed E-state index contributed by atoms with van der Waals surface area (Å²) >= 11 is 0. The molecule has 2 heteroatoms. The molecule has 0 radical (unpaired) electrons. The summed E-state index contributed by atoms with van der Waals surface area (Å²) in [6.07, 6.45) is 1.76. The van der Waals surface area contributed by atoms with Gasteiger partial charge in [-0.2, -0.15) is 0 Å². The Hall–Kier alpha value is -0.370. The van der Waals surface area contributed by atoms with E-state index in [9.17, 15) is 4.79 Å². The number of likely N-dealkylation sites (tertiary alicyclic amines) is 1. The summed E-state index contributed by atoms with van der Waals surface area (Å²) in [4.78, 5) is 13.0. The monoisotopic (exact) mass is 141 g/mol. The van der Waals surface area contributed by atoms with E-state index in [1.807, 2.05) is 7.05 Å². The van der Waals surface area contributed by atoms with Crippen LogP contribution in [-0.2, 0) is 4.79 Å². The highest BCUT2D eigenvalue weighted by Gasteiger charge is 2.29. The van der Waals surface area contributed by atoms with E-state index in [1.165, 1.54) is 0 Å². The van der Waals surface area contributed by atoms with Crippen LogP contribution in [-0.4, -0.2) is 29.8 Å². The quantitative estimate of drug-likeness (QED) is 0.502. The highest BCUT2D eigenvalue weighted by atomic mass is 16.1. The number of likely N-dealkylation sites (N-methyl/N-ethyl adjacent to an activating group) is 1. The first-order valence-corrected chi connectivity index (χ1v) is 3.75. The minimum Gasteiger partial charge on any atom is -0.298 e. The Morgan fingerprint density at radius 2 is 2.10 bits per heavy atom. The van der Waals surface area contributed by atoms with Gasteiger partial charge in [0, 0.05) is 12.0 Å². The van der Waals surface area contributed by atoms with Crippen LogP contribution in [0.5, 0.6) is 0 Å². The van der Waals surface area contributed by atoms with Crippen LogP contribution in [0.4, 0.5) is 0 Å². The summed E-state index contributed by atoms with van der Waals surface area (Å²) in [7, 11) is 2.01. The van der Waals surface area contributed by atoms with Gasteiger partial charge < -0.3 is 0 Å². The second-order valence-electron chi connectivity index (χ2n) is 3.71. The lowest BCUT2D eigenvalue weighted by Crippen LogP contribution is -2.48. The average molecular weight is 141 g/mol. The zero-order valence-corrected chi connectivity index (χ0v) is 6.98. The van der Waals surface area contributed by atoms with E-state index >= 15 is 0 Å². The number of hydrogen-bond acceptors (Lipinski definition) is 2. The Balaban J connectivity index is 2.60. The lowest BCUT2D eigenvalue weighted by molar-refractivity contribution is -0.124. The Kier molecular flexibility index (Phi) is 1.82. The van der Waals surface area contributed by atoms with Crippen LogP contribution in [0, 0.1) is 0 Å². The fourth-order valence-electron chi connectivity index (χ4n) is 1.19. The Labute approximate surface area is 62.2 Å². The molecule has 0 aromatic heterocycles. The minimum atomic E-state index is 0.230. The number of rotatable bonds is 0. The van der Waals surface area contributed by atoms with Crippen molar-refractivity contribution in [2.75, 3.05) is 13.6 Å². The molecule has 0 bridgehead atoms. The third kappa shape index (κ3) is 1.37. The molecule has 0 amide bonds. The number of hydrogen-bond donors (Lipinski definition) is 0. The summed E-state index contributed by atoms with van der Waals surface area (Å²) in [5.74, 6) is 0.377. The Morgan fingerprint density at radius 3 is 2.50 bits per heavy atom. The van der Waals surface area contributed by atoms with Gasteiger partial charge in [0.2, 0.25) is 0 Å². The van der Waals surface area contributed by atoms with E-state index in [4.69, 9.17) is 0 Å². The lowest BCUT2D eigenvalue weighted by atomic mass is 9.91. The fourth-order valence-corrected chi connectivity index (χ4v) is 1.19. The first-order valence-electron chi connectivity index (χ1n) is 3.75. The third-order valence-electron chi connectivity index (χ3n) is 2.46. The van der Waals surface area contributed by atoms with Crippen molar-refractivity contribution in [1.82, 2.24) is 4.90 Å². The molecule has 0 aromatic rings. The standard InChI is InChI=1S/C8H15NO/c1-8(2)5-4-7(10)6-9(8)3/h4-6H2,1-3H3. The molecule has 1 saturated heterocycles. The first-order chi connectivity index (χ1) is 4.52. The van der Waals surface area contributed by atoms with Crippen LogP contribution >= 0.6 is 0 Å². The second-order valence-corrected chi connectivity index (χ2v) is 3.71. The molecule has 1 rings (SSSR count). The van der Waals surface area contributed by atoms with Crippen LogP contribution in [0.1, 0.15) is 26.7 Å². The highest BCUT2D eigenvalue weighted by molar-refractivity contribution is 5.81. The zero-order chi connectivity index (χ0) is 7.78. The smallest absolute Gasteiger partial charge is 0.146 e. The summed E-state index contributed by atoms with van der Waals surface area (Å²) in [5.41, 5.74) is 0.230. The largest absolute Gasteiger partial charge is 0.298 e. The molecule has 0 N–H and O–H groups in total. The van der Waals surface area contributed by atoms with Crippen LogP contribution in [0.25, 0.3) is 0 Å². The number of Topliss-reactive ketones (excluding diaryl/α,β-unsaturated/α-hetero) is 1. The molecular formula is C8H15NO. The molecule has 2 nitrogen and oxygen atoms in total. The van der Waals surface area contributed by atoms with Crippen LogP contribution < -0.4 is 0 Å². The highest BCUT2D eigenvalue weighted by Crippen LogP contribution is 2.23. The number of carbonyl (C=O) groups is 1. The van der Waals surface area contributed by atoms with Gasteiger partial charge >= 0.3 is 0 Å². The van der Waals surface area contributed by atoms with Gasteiger partial charge in [-0.25, -0.2) is 0 Å². The average Bonchev–Trinajstić information content (AvgIpc) is 1.81. The van der Waals surface area contributed by atoms with E-state index < -0.39 is 0 Å². The SMILES string of the molecule is CN1CC(=O)CCC1(C)C. The number of carbonyl (C=O) groups excluding carboxylic acids is 1. The van der Waals surface area contributed by atoms with Gasteiger partial charge in [-0.3, -0.25) is 9.69 Å². The van der Waals surface area contributed by atoms with Crippen LogP contribution in [0.3, 0.4) is 0 Å². The van der Waals surface area contributed by atoms with Crippen LogP contribution in [0.2, 0.25) is 0 Å². The van der Waals surface area contributed by atoms with E-state index in [0.717, 1.165) is 12.8 Å². The predicted octanol–water partition coefficient (Wildman–Crippen LogP) is 1.06. The van der Waals surface area contributed by atoms with Gasteiger partial charge in [-0.05, 0) is 27.3 Å². The van der Waals surface area contributed by atoms with E-state index in [-0.39, 0.29) is 5.54 Å². The van der Waals surface area contributed by atoms with Gasteiger partial charge in [0.15, 0.2) is 0 Å². The molecule has 0 spiro atoms.